The molecule has 8 heteroatoms. The molecule has 0 aromatic rings. The highest BCUT2D eigenvalue weighted by molar-refractivity contribution is 6.66. The normalized spacial score (nSPS) is 13.3. The lowest BCUT2D eigenvalue weighted by Gasteiger charge is -2.26. The van der Waals surface area contributed by atoms with Gasteiger partial charge in [0.05, 0.1) is 19.0 Å². The molecule has 1 atom stereocenters. The van der Waals surface area contributed by atoms with E-state index in [1.807, 2.05) is 6.55 Å². The van der Waals surface area contributed by atoms with Gasteiger partial charge in [0.25, 0.3) is 0 Å². The standard InChI is InChI=1S/C18H36N2O5Si/c1-8-18(3,4)11-14(2)9-15(10-16(21)22)17(23)20-12-19-13-26(7,24-5)25-6/h15,19H,2,8-13H2,1,3-7H3,(H,20,23)(H,21,22). The Hall–Kier alpha value is -1.22. The van der Waals surface area contributed by atoms with E-state index in [0.717, 1.165) is 18.4 Å². The molecule has 152 valence electrons. The van der Waals surface area contributed by atoms with Crippen LogP contribution in [0.3, 0.4) is 0 Å². The smallest absolute Gasteiger partial charge is 0.348 e. The van der Waals surface area contributed by atoms with E-state index in [2.05, 4.69) is 38.0 Å². The third-order valence-corrected chi connectivity index (χ3v) is 7.33. The summed E-state index contributed by atoms with van der Waals surface area (Å²) in [5, 5.41) is 14.9. The summed E-state index contributed by atoms with van der Waals surface area (Å²) in [5.74, 6) is -1.89. The highest BCUT2D eigenvalue weighted by Crippen LogP contribution is 2.31. The maximum Gasteiger partial charge on any atom is 0.348 e. The quantitative estimate of drug-likeness (QED) is 0.183. The molecule has 0 spiro atoms. The Labute approximate surface area is 158 Å². The van der Waals surface area contributed by atoms with Crippen LogP contribution in [-0.2, 0) is 18.4 Å². The van der Waals surface area contributed by atoms with Crippen LogP contribution in [0.25, 0.3) is 0 Å². The number of carbonyl (C=O) groups is 2. The van der Waals surface area contributed by atoms with Gasteiger partial charge in [0.1, 0.15) is 0 Å². The Kier molecular flexibility index (Phi) is 10.9. The van der Waals surface area contributed by atoms with Crippen LogP contribution < -0.4 is 10.6 Å². The average molecular weight is 389 g/mol. The fourth-order valence-corrected chi connectivity index (χ4v) is 3.54. The molecular formula is C18H36N2O5Si. The lowest BCUT2D eigenvalue weighted by atomic mass is 9.81. The lowest BCUT2D eigenvalue weighted by molar-refractivity contribution is -0.141. The first kappa shape index (κ1) is 24.8. The SMILES string of the molecule is C=C(CC(CC(=O)O)C(=O)NCNC[Si](C)(OC)OC)CC(C)(C)CC. The van der Waals surface area contributed by atoms with Crippen LogP contribution in [-0.4, -0.2) is 52.6 Å². The van der Waals surface area contributed by atoms with Crippen LogP contribution in [0, 0.1) is 11.3 Å². The Morgan fingerprint density at radius 2 is 1.81 bits per heavy atom. The molecule has 3 N–H and O–H groups in total. The molecule has 0 aromatic heterocycles. The maximum atomic E-state index is 12.4. The van der Waals surface area contributed by atoms with Crippen molar-refractivity contribution in [2.24, 2.45) is 11.3 Å². The number of hydrogen-bond donors (Lipinski definition) is 3. The molecule has 0 bridgehead atoms. The minimum atomic E-state index is -2.25. The number of rotatable bonds is 14. The first-order chi connectivity index (χ1) is 12.0. The number of aliphatic carboxylic acids is 1. The van der Waals surface area contributed by atoms with Crippen molar-refractivity contribution in [3.63, 3.8) is 0 Å². The predicted octanol–water partition coefficient (Wildman–Crippen LogP) is 2.42. The molecule has 0 rings (SSSR count). The van der Waals surface area contributed by atoms with Gasteiger partial charge in [-0.1, -0.05) is 39.3 Å². The predicted molar refractivity (Wildman–Crippen MR) is 105 cm³/mol. The molecule has 0 radical (unpaired) electrons. The Morgan fingerprint density at radius 1 is 1.23 bits per heavy atom. The lowest BCUT2D eigenvalue weighted by Crippen LogP contribution is -2.50. The minimum Gasteiger partial charge on any atom is -0.481 e. The van der Waals surface area contributed by atoms with Gasteiger partial charge >= 0.3 is 14.5 Å². The van der Waals surface area contributed by atoms with Gasteiger partial charge in [0.2, 0.25) is 5.91 Å². The van der Waals surface area contributed by atoms with Crippen molar-refractivity contribution in [1.29, 1.82) is 0 Å². The molecule has 0 saturated heterocycles. The first-order valence-corrected chi connectivity index (χ1v) is 11.5. The van der Waals surface area contributed by atoms with E-state index in [-0.39, 0.29) is 24.4 Å². The summed E-state index contributed by atoms with van der Waals surface area (Å²) in [6, 6.07) is 0. The molecule has 0 saturated carbocycles. The number of carboxylic acid groups (broad SMARTS) is 1. The zero-order valence-electron chi connectivity index (χ0n) is 17.1. The number of carboxylic acids is 1. The molecule has 0 aliphatic heterocycles. The topological polar surface area (TPSA) is 96.9 Å². The van der Waals surface area contributed by atoms with Gasteiger partial charge in [-0.3, -0.25) is 14.9 Å². The monoisotopic (exact) mass is 388 g/mol. The van der Waals surface area contributed by atoms with Gasteiger partial charge in [-0.15, -0.1) is 0 Å². The molecular weight excluding hydrogens is 352 g/mol. The zero-order valence-corrected chi connectivity index (χ0v) is 18.1. The van der Waals surface area contributed by atoms with Crippen LogP contribution in [0.1, 0.15) is 46.5 Å². The van der Waals surface area contributed by atoms with Crippen LogP contribution in [0.5, 0.6) is 0 Å². The number of allylic oxidation sites excluding steroid dienone is 1. The van der Waals surface area contributed by atoms with E-state index in [4.69, 9.17) is 14.0 Å². The van der Waals surface area contributed by atoms with E-state index >= 15 is 0 Å². The number of nitrogens with one attached hydrogen (secondary N) is 2. The van der Waals surface area contributed by atoms with Crippen LogP contribution in [0.2, 0.25) is 6.55 Å². The molecule has 0 heterocycles. The highest BCUT2D eigenvalue weighted by atomic mass is 28.4. The van der Waals surface area contributed by atoms with Gasteiger partial charge in [-0.05, 0) is 24.8 Å². The molecule has 0 aliphatic carbocycles. The van der Waals surface area contributed by atoms with E-state index in [1.54, 1.807) is 14.2 Å². The third kappa shape index (κ3) is 10.1. The van der Waals surface area contributed by atoms with Crippen LogP contribution >= 0.6 is 0 Å². The molecule has 0 fully saturated rings. The molecule has 0 aliphatic rings. The first-order valence-electron chi connectivity index (χ1n) is 8.95. The molecule has 0 aromatic carbocycles. The highest BCUT2D eigenvalue weighted by Gasteiger charge is 2.28. The summed E-state index contributed by atoms with van der Waals surface area (Å²) < 4.78 is 10.7. The maximum absolute atomic E-state index is 12.4. The largest absolute Gasteiger partial charge is 0.481 e. The Morgan fingerprint density at radius 3 is 2.27 bits per heavy atom. The second-order valence-corrected chi connectivity index (χ2v) is 11.1. The fraction of sp³-hybridized carbons (Fsp3) is 0.778. The average Bonchev–Trinajstić information content (AvgIpc) is 2.56. The van der Waals surface area contributed by atoms with Gasteiger partial charge in [0.15, 0.2) is 0 Å². The van der Waals surface area contributed by atoms with E-state index in [1.165, 1.54) is 0 Å². The molecule has 1 unspecified atom stereocenters. The molecule has 7 nitrogen and oxygen atoms in total. The second kappa shape index (κ2) is 11.5. The van der Waals surface area contributed by atoms with Crippen molar-refractivity contribution >= 4 is 20.4 Å². The van der Waals surface area contributed by atoms with Crippen molar-refractivity contribution in [1.82, 2.24) is 10.6 Å². The summed E-state index contributed by atoms with van der Waals surface area (Å²) in [4.78, 5) is 23.5. The van der Waals surface area contributed by atoms with Crippen molar-refractivity contribution in [3.05, 3.63) is 12.2 Å². The Balaban J connectivity index is 4.60. The summed E-state index contributed by atoms with van der Waals surface area (Å²) in [6.07, 6.45) is 2.45. The summed E-state index contributed by atoms with van der Waals surface area (Å²) in [6.45, 7) is 12.6. The van der Waals surface area contributed by atoms with Gasteiger partial charge in [-0.25, -0.2) is 0 Å². The van der Waals surface area contributed by atoms with E-state index in [0.29, 0.717) is 12.6 Å². The van der Waals surface area contributed by atoms with Gasteiger partial charge < -0.3 is 19.3 Å². The number of carbonyl (C=O) groups excluding carboxylic acids is 1. The van der Waals surface area contributed by atoms with Crippen molar-refractivity contribution < 1.29 is 23.5 Å². The van der Waals surface area contributed by atoms with E-state index in [9.17, 15) is 9.59 Å². The van der Waals surface area contributed by atoms with E-state index < -0.39 is 20.4 Å². The fourth-order valence-electron chi connectivity index (χ4n) is 2.50. The van der Waals surface area contributed by atoms with Gasteiger partial charge in [-0.2, -0.15) is 0 Å². The molecule has 26 heavy (non-hydrogen) atoms. The van der Waals surface area contributed by atoms with Crippen molar-refractivity contribution in [2.45, 2.75) is 53.0 Å². The van der Waals surface area contributed by atoms with Crippen LogP contribution in [0.15, 0.2) is 12.2 Å². The Bertz CT molecular complexity index is 478. The van der Waals surface area contributed by atoms with Crippen molar-refractivity contribution in [2.75, 3.05) is 27.1 Å². The third-order valence-electron chi connectivity index (χ3n) is 4.71. The number of amides is 1. The minimum absolute atomic E-state index is 0.0955. The summed E-state index contributed by atoms with van der Waals surface area (Å²) in [7, 11) is 0.948. The van der Waals surface area contributed by atoms with Crippen LogP contribution in [0.4, 0.5) is 0 Å². The second-order valence-electron chi connectivity index (χ2n) is 7.63. The molecule has 1 amide bonds. The summed E-state index contributed by atoms with van der Waals surface area (Å²) >= 11 is 0. The van der Waals surface area contributed by atoms with Gasteiger partial charge in [0, 0.05) is 20.4 Å². The zero-order chi connectivity index (χ0) is 20.4. The number of hydrogen-bond acceptors (Lipinski definition) is 5. The summed E-state index contributed by atoms with van der Waals surface area (Å²) in [5.41, 5.74) is 1.00. The van der Waals surface area contributed by atoms with Crippen molar-refractivity contribution in [3.8, 4) is 0 Å².